The number of fused-ring (bicyclic) bond motifs is 3. The lowest BCUT2D eigenvalue weighted by atomic mass is 10.1. The van der Waals surface area contributed by atoms with Crippen LogP contribution in [0.3, 0.4) is 0 Å². The molecule has 0 aliphatic carbocycles. The summed E-state index contributed by atoms with van der Waals surface area (Å²) in [6, 6.07) is 15.8. The lowest BCUT2D eigenvalue weighted by Gasteiger charge is -2.28. The number of hydrogen-bond acceptors (Lipinski definition) is 9. The number of anilines is 1. The number of carbonyl (C=O) groups is 1. The first kappa shape index (κ1) is 31.6. The number of benzene rings is 2. The summed E-state index contributed by atoms with van der Waals surface area (Å²) in [7, 11) is 1.71. The molecule has 236 valence electrons. The first-order valence-corrected chi connectivity index (χ1v) is 15.5. The van der Waals surface area contributed by atoms with Gasteiger partial charge in [0.05, 0.1) is 30.9 Å². The number of unbranched alkanes of at least 4 members (excludes halogenated alkanes) is 1. The summed E-state index contributed by atoms with van der Waals surface area (Å²) in [5.74, 6) is 1.02. The number of aryl methyl sites for hydroxylation is 1. The SMILES string of the molecule is COCCc1nc2c(N)nc3ccccc3c2n1CCCCN(CCCN1CCOCC1)Cc1cccc(OCC(=O)O)c1. The fourth-order valence-corrected chi connectivity index (χ4v) is 5.88. The number of carboxylic acids is 1. The van der Waals surface area contributed by atoms with E-state index >= 15 is 0 Å². The van der Waals surface area contributed by atoms with E-state index in [1.807, 2.05) is 30.3 Å². The van der Waals surface area contributed by atoms with Gasteiger partial charge in [-0.1, -0.05) is 30.3 Å². The highest BCUT2D eigenvalue weighted by molar-refractivity contribution is 6.06. The van der Waals surface area contributed by atoms with Crippen LogP contribution in [0.5, 0.6) is 5.75 Å². The molecule has 3 heterocycles. The van der Waals surface area contributed by atoms with Crippen LogP contribution in [0, 0.1) is 0 Å². The van der Waals surface area contributed by atoms with Crippen molar-refractivity contribution in [1.82, 2.24) is 24.3 Å². The predicted molar refractivity (Wildman–Crippen MR) is 171 cm³/mol. The van der Waals surface area contributed by atoms with Crippen molar-refractivity contribution in [2.75, 3.05) is 72.0 Å². The summed E-state index contributed by atoms with van der Waals surface area (Å²) in [6.45, 7) is 8.37. The van der Waals surface area contributed by atoms with E-state index < -0.39 is 5.97 Å². The summed E-state index contributed by atoms with van der Waals surface area (Å²) in [6.07, 6.45) is 3.76. The second kappa shape index (κ2) is 15.8. The van der Waals surface area contributed by atoms with E-state index in [-0.39, 0.29) is 6.61 Å². The molecular weight excluding hydrogens is 560 g/mol. The number of para-hydroxylation sites is 1. The summed E-state index contributed by atoms with van der Waals surface area (Å²) in [5.41, 5.74) is 10.1. The maximum Gasteiger partial charge on any atom is 0.341 e. The molecule has 4 aromatic rings. The van der Waals surface area contributed by atoms with Gasteiger partial charge in [0, 0.05) is 45.1 Å². The fourth-order valence-electron chi connectivity index (χ4n) is 5.88. The van der Waals surface area contributed by atoms with Crippen LogP contribution in [-0.4, -0.2) is 102 Å². The molecule has 0 radical (unpaired) electrons. The van der Waals surface area contributed by atoms with E-state index in [4.69, 9.17) is 30.0 Å². The van der Waals surface area contributed by atoms with Crippen molar-refractivity contribution >= 4 is 33.7 Å². The molecule has 44 heavy (non-hydrogen) atoms. The number of morpholine rings is 1. The Bertz CT molecular complexity index is 1520. The predicted octanol–water partition coefficient (Wildman–Crippen LogP) is 3.82. The summed E-state index contributed by atoms with van der Waals surface area (Å²) in [5, 5.41) is 10.1. The molecule has 11 heteroatoms. The van der Waals surface area contributed by atoms with Crippen LogP contribution in [0.15, 0.2) is 48.5 Å². The molecule has 11 nitrogen and oxygen atoms in total. The largest absolute Gasteiger partial charge is 0.482 e. The first-order valence-electron chi connectivity index (χ1n) is 15.5. The third-order valence-corrected chi connectivity index (χ3v) is 8.04. The Hall–Kier alpha value is -3.77. The molecule has 0 atom stereocenters. The normalized spacial score (nSPS) is 14.1. The highest BCUT2D eigenvalue weighted by Gasteiger charge is 2.18. The summed E-state index contributed by atoms with van der Waals surface area (Å²) >= 11 is 0. The lowest BCUT2D eigenvalue weighted by molar-refractivity contribution is -0.139. The number of nitrogens with zero attached hydrogens (tertiary/aromatic N) is 5. The summed E-state index contributed by atoms with van der Waals surface area (Å²) < 4.78 is 18.6. The molecule has 5 rings (SSSR count). The van der Waals surface area contributed by atoms with Crippen molar-refractivity contribution in [1.29, 1.82) is 0 Å². The Morgan fingerprint density at radius 2 is 1.86 bits per heavy atom. The minimum Gasteiger partial charge on any atom is -0.482 e. The smallest absolute Gasteiger partial charge is 0.341 e. The monoisotopic (exact) mass is 604 g/mol. The molecule has 0 unspecified atom stereocenters. The Labute approximate surface area is 258 Å². The molecule has 0 amide bonds. The van der Waals surface area contributed by atoms with Crippen molar-refractivity contribution in [2.45, 2.75) is 38.8 Å². The molecule has 0 saturated carbocycles. The van der Waals surface area contributed by atoms with Crippen molar-refractivity contribution in [2.24, 2.45) is 0 Å². The molecule has 1 aliphatic rings. The quantitative estimate of drug-likeness (QED) is 0.172. The number of pyridine rings is 1. The lowest BCUT2D eigenvalue weighted by Crippen LogP contribution is -2.38. The number of aromatic nitrogens is 3. The molecule has 1 aliphatic heterocycles. The Morgan fingerprint density at radius 3 is 2.68 bits per heavy atom. The second-order valence-electron chi connectivity index (χ2n) is 11.3. The molecular formula is C33H44N6O5. The van der Waals surface area contributed by atoms with Crippen molar-refractivity contribution in [3.8, 4) is 5.75 Å². The zero-order valence-electron chi connectivity index (χ0n) is 25.6. The number of hydrogen-bond donors (Lipinski definition) is 2. The highest BCUT2D eigenvalue weighted by atomic mass is 16.5. The molecule has 3 N–H and O–H groups in total. The van der Waals surface area contributed by atoms with E-state index in [1.54, 1.807) is 13.2 Å². The maximum absolute atomic E-state index is 11.0. The number of methoxy groups -OCH3 is 1. The fraction of sp³-hybridized carbons (Fsp3) is 0.485. The van der Waals surface area contributed by atoms with Gasteiger partial charge >= 0.3 is 5.97 Å². The number of imidazole rings is 1. The van der Waals surface area contributed by atoms with Gasteiger partial charge < -0.3 is 29.6 Å². The number of aliphatic carboxylic acids is 1. The molecule has 0 spiro atoms. The van der Waals surface area contributed by atoms with Gasteiger partial charge in [0.15, 0.2) is 12.4 Å². The highest BCUT2D eigenvalue weighted by Crippen LogP contribution is 2.29. The van der Waals surface area contributed by atoms with E-state index in [1.165, 1.54) is 0 Å². The molecule has 2 aromatic heterocycles. The van der Waals surface area contributed by atoms with E-state index in [9.17, 15) is 4.79 Å². The zero-order valence-corrected chi connectivity index (χ0v) is 25.6. The number of nitrogen functional groups attached to an aromatic ring is 1. The van der Waals surface area contributed by atoms with Gasteiger partial charge in [-0.3, -0.25) is 9.80 Å². The van der Waals surface area contributed by atoms with Crippen LogP contribution in [0.2, 0.25) is 0 Å². The minimum absolute atomic E-state index is 0.348. The standard InChI is InChI=1S/C33H44N6O5/c1-42-19-12-29-36-31-32(27-10-2-3-11-28(27)35-33(31)34)39(29)16-5-4-13-38(15-7-14-37-17-20-43-21-18-37)23-25-8-6-9-26(22-25)44-24-30(40)41/h2-3,6,8-11,22H,4-5,7,12-21,23-24H2,1H3,(H2,34,35)(H,40,41). The van der Waals surface area contributed by atoms with Crippen LogP contribution in [-0.2, 0) is 33.8 Å². The topological polar surface area (TPSA) is 128 Å². The van der Waals surface area contributed by atoms with Crippen LogP contribution in [0.1, 0.15) is 30.7 Å². The van der Waals surface area contributed by atoms with Crippen LogP contribution >= 0.6 is 0 Å². The van der Waals surface area contributed by atoms with Gasteiger partial charge in [-0.05, 0) is 62.7 Å². The minimum atomic E-state index is -0.983. The Morgan fingerprint density at radius 1 is 1.05 bits per heavy atom. The number of rotatable bonds is 17. The summed E-state index contributed by atoms with van der Waals surface area (Å²) in [4.78, 5) is 25.5. The van der Waals surface area contributed by atoms with E-state index in [0.29, 0.717) is 24.6 Å². The Balaban J connectivity index is 1.27. The van der Waals surface area contributed by atoms with E-state index in [0.717, 1.165) is 112 Å². The van der Waals surface area contributed by atoms with Crippen molar-refractivity contribution < 1.29 is 24.1 Å². The zero-order chi connectivity index (χ0) is 30.7. The number of nitrogens with two attached hydrogens (primary N) is 1. The van der Waals surface area contributed by atoms with Gasteiger partial charge in [0.2, 0.25) is 0 Å². The van der Waals surface area contributed by atoms with Crippen LogP contribution in [0.4, 0.5) is 5.82 Å². The molecule has 0 bridgehead atoms. The third kappa shape index (κ3) is 8.44. The average Bonchev–Trinajstić information content (AvgIpc) is 3.40. The van der Waals surface area contributed by atoms with Gasteiger partial charge in [0.25, 0.3) is 0 Å². The van der Waals surface area contributed by atoms with Gasteiger partial charge in [-0.15, -0.1) is 0 Å². The average molecular weight is 605 g/mol. The van der Waals surface area contributed by atoms with Crippen LogP contribution in [0.25, 0.3) is 21.9 Å². The molecule has 1 fully saturated rings. The molecule has 2 aromatic carbocycles. The maximum atomic E-state index is 11.0. The van der Waals surface area contributed by atoms with Gasteiger partial charge in [-0.25, -0.2) is 14.8 Å². The molecule has 1 saturated heterocycles. The second-order valence-corrected chi connectivity index (χ2v) is 11.3. The third-order valence-electron chi connectivity index (χ3n) is 8.04. The van der Waals surface area contributed by atoms with Crippen molar-refractivity contribution in [3.63, 3.8) is 0 Å². The van der Waals surface area contributed by atoms with Crippen LogP contribution < -0.4 is 10.5 Å². The van der Waals surface area contributed by atoms with Crippen molar-refractivity contribution in [3.05, 3.63) is 59.9 Å². The van der Waals surface area contributed by atoms with Gasteiger partial charge in [0.1, 0.15) is 17.1 Å². The number of ether oxygens (including phenoxy) is 3. The van der Waals surface area contributed by atoms with E-state index in [2.05, 4.69) is 31.5 Å². The first-order chi connectivity index (χ1) is 21.5. The van der Waals surface area contributed by atoms with Gasteiger partial charge in [-0.2, -0.15) is 0 Å². The Kier molecular flexibility index (Phi) is 11.4. The number of carboxylic acid groups (broad SMARTS) is 1.